The summed E-state index contributed by atoms with van der Waals surface area (Å²) in [5.74, 6) is 0. The molecule has 96 valence electrons. The van der Waals surface area contributed by atoms with E-state index in [1.807, 2.05) is 29.8 Å². The highest BCUT2D eigenvalue weighted by Crippen LogP contribution is 2.34. The Balaban J connectivity index is 2.05. The van der Waals surface area contributed by atoms with Crippen LogP contribution in [-0.4, -0.2) is 4.98 Å². The Morgan fingerprint density at radius 2 is 1.85 bits per heavy atom. The molecule has 1 heterocycles. The van der Waals surface area contributed by atoms with Gasteiger partial charge in [0.2, 0.25) is 0 Å². The highest BCUT2D eigenvalue weighted by Gasteiger charge is 2.08. The molecule has 0 saturated carbocycles. The molecular formula is C17H10ClNS. The number of aromatic nitrogens is 1. The topological polar surface area (TPSA) is 12.9 Å². The quantitative estimate of drug-likeness (QED) is 0.434. The minimum atomic E-state index is 0.783. The first-order valence-electron chi connectivity index (χ1n) is 6.34. The van der Waals surface area contributed by atoms with E-state index in [1.54, 1.807) is 11.3 Å². The lowest BCUT2D eigenvalue weighted by Gasteiger charge is -2.07. The second kappa shape index (κ2) is 4.58. The number of fused-ring (bicyclic) bond motifs is 2. The molecule has 0 unspecified atom stereocenters. The first kappa shape index (κ1) is 11.9. The van der Waals surface area contributed by atoms with E-state index in [0.717, 1.165) is 32.4 Å². The first-order valence-corrected chi connectivity index (χ1v) is 7.59. The summed E-state index contributed by atoms with van der Waals surface area (Å²) in [7, 11) is 0. The Hall–Kier alpha value is -1.90. The van der Waals surface area contributed by atoms with Crippen LogP contribution in [0, 0.1) is 0 Å². The van der Waals surface area contributed by atoms with Crippen molar-refractivity contribution in [2.24, 2.45) is 0 Å². The molecule has 0 fully saturated rings. The van der Waals surface area contributed by atoms with E-state index in [0.29, 0.717) is 0 Å². The monoisotopic (exact) mass is 295 g/mol. The Morgan fingerprint density at radius 3 is 2.80 bits per heavy atom. The molecule has 3 heteroatoms. The number of rotatable bonds is 1. The third-order valence-corrected chi connectivity index (χ3v) is 4.59. The maximum absolute atomic E-state index is 6.42. The number of para-hydroxylation sites is 1. The van der Waals surface area contributed by atoms with Crippen molar-refractivity contribution in [3.05, 3.63) is 65.1 Å². The van der Waals surface area contributed by atoms with E-state index >= 15 is 0 Å². The van der Waals surface area contributed by atoms with Crippen molar-refractivity contribution in [1.82, 2.24) is 4.98 Å². The molecule has 4 aromatic rings. The SMILES string of the molecule is Clc1cc(-c2cccc3scnc23)cc2ccccc12. The zero-order chi connectivity index (χ0) is 13.5. The minimum Gasteiger partial charge on any atom is -0.244 e. The van der Waals surface area contributed by atoms with Crippen LogP contribution < -0.4 is 0 Å². The van der Waals surface area contributed by atoms with Gasteiger partial charge in [-0.25, -0.2) is 4.98 Å². The second-order valence-electron chi connectivity index (χ2n) is 4.68. The Labute approximate surface area is 125 Å². The molecular weight excluding hydrogens is 286 g/mol. The summed E-state index contributed by atoms with van der Waals surface area (Å²) in [4.78, 5) is 4.48. The van der Waals surface area contributed by atoms with Gasteiger partial charge in [0.1, 0.15) is 0 Å². The minimum absolute atomic E-state index is 0.783. The summed E-state index contributed by atoms with van der Waals surface area (Å²) in [5, 5.41) is 3.02. The van der Waals surface area contributed by atoms with Gasteiger partial charge in [-0.1, -0.05) is 48.0 Å². The fourth-order valence-electron chi connectivity index (χ4n) is 2.54. The normalized spacial score (nSPS) is 11.2. The third-order valence-electron chi connectivity index (χ3n) is 3.48. The van der Waals surface area contributed by atoms with Gasteiger partial charge in [0.25, 0.3) is 0 Å². The standard InChI is InChI=1S/C17H10ClNS/c18-15-9-12(8-11-4-1-2-5-13(11)15)14-6-3-7-16-17(14)19-10-20-16/h1-10H. The van der Waals surface area contributed by atoms with Crippen LogP contribution in [0.2, 0.25) is 5.02 Å². The van der Waals surface area contributed by atoms with Gasteiger partial charge >= 0.3 is 0 Å². The Morgan fingerprint density at radius 1 is 0.950 bits per heavy atom. The largest absolute Gasteiger partial charge is 0.244 e. The fourth-order valence-corrected chi connectivity index (χ4v) is 3.53. The van der Waals surface area contributed by atoms with Gasteiger partial charge in [-0.05, 0) is 29.1 Å². The lowest BCUT2D eigenvalue weighted by Crippen LogP contribution is -1.82. The molecule has 0 bridgehead atoms. The maximum atomic E-state index is 6.42. The van der Waals surface area contributed by atoms with E-state index < -0.39 is 0 Å². The van der Waals surface area contributed by atoms with Crippen LogP contribution in [-0.2, 0) is 0 Å². The average molecular weight is 296 g/mol. The summed E-state index contributed by atoms with van der Waals surface area (Å²) in [6.07, 6.45) is 0. The van der Waals surface area contributed by atoms with Crippen LogP contribution in [0.25, 0.3) is 32.1 Å². The summed E-state index contributed by atoms with van der Waals surface area (Å²) >= 11 is 8.08. The third kappa shape index (κ3) is 1.80. The van der Waals surface area contributed by atoms with Crippen LogP contribution in [0.5, 0.6) is 0 Å². The first-order chi connectivity index (χ1) is 9.83. The van der Waals surface area contributed by atoms with Crippen LogP contribution in [0.15, 0.2) is 60.1 Å². The number of benzene rings is 3. The van der Waals surface area contributed by atoms with E-state index in [2.05, 4.69) is 35.3 Å². The number of nitrogens with zero attached hydrogens (tertiary/aromatic N) is 1. The molecule has 4 rings (SSSR count). The van der Waals surface area contributed by atoms with Gasteiger partial charge in [0, 0.05) is 16.0 Å². The summed E-state index contributed by atoms with van der Waals surface area (Å²) in [6, 6.07) is 18.6. The molecule has 0 spiro atoms. The van der Waals surface area contributed by atoms with Gasteiger partial charge in [0.15, 0.2) is 0 Å². The van der Waals surface area contributed by atoms with Crippen molar-refractivity contribution in [3.8, 4) is 11.1 Å². The fraction of sp³-hybridized carbons (Fsp3) is 0. The van der Waals surface area contributed by atoms with Gasteiger partial charge in [-0.2, -0.15) is 0 Å². The van der Waals surface area contributed by atoms with E-state index in [1.165, 1.54) is 4.70 Å². The molecule has 1 nitrogen and oxygen atoms in total. The summed E-state index contributed by atoms with van der Waals surface area (Å²) in [5.41, 5.74) is 5.18. The van der Waals surface area contributed by atoms with Crippen LogP contribution in [0.3, 0.4) is 0 Å². The average Bonchev–Trinajstić information content (AvgIpc) is 2.95. The van der Waals surface area contributed by atoms with Gasteiger partial charge in [0.05, 0.1) is 15.7 Å². The maximum Gasteiger partial charge on any atom is 0.0890 e. The lowest BCUT2D eigenvalue weighted by molar-refractivity contribution is 1.50. The number of halogens is 1. The van der Waals surface area contributed by atoms with E-state index in [4.69, 9.17) is 11.6 Å². The van der Waals surface area contributed by atoms with E-state index in [-0.39, 0.29) is 0 Å². The van der Waals surface area contributed by atoms with Crippen molar-refractivity contribution < 1.29 is 0 Å². The number of thiazole rings is 1. The lowest BCUT2D eigenvalue weighted by atomic mass is 10.0. The van der Waals surface area contributed by atoms with Crippen LogP contribution in [0.1, 0.15) is 0 Å². The van der Waals surface area contributed by atoms with Crippen LogP contribution in [0.4, 0.5) is 0 Å². The predicted octanol–water partition coefficient (Wildman–Crippen LogP) is 5.77. The number of hydrogen-bond acceptors (Lipinski definition) is 2. The van der Waals surface area contributed by atoms with E-state index in [9.17, 15) is 0 Å². The smallest absolute Gasteiger partial charge is 0.0890 e. The molecule has 0 amide bonds. The molecule has 0 N–H and O–H groups in total. The van der Waals surface area contributed by atoms with Gasteiger partial charge in [-0.15, -0.1) is 11.3 Å². The summed E-state index contributed by atoms with van der Waals surface area (Å²) < 4.78 is 1.20. The highest BCUT2D eigenvalue weighted by molar-refractivity contribution is 7.16. The van der Waals surface area contributed by atoms with Crippen molar-refractivity contribution in [2.75, 3.05) is 0 Å². The van der Waals surface area contributed by atoms with Crippen molar-refractivity contribution in [1.29, 1.82) is 0 Å². The molecule has 20 heavy (non-hydrogen) atoms. The van der Waals surface area contributed by atoms with Crippen molar-refractivity contribution in [2.45, 2.75) is 0 Å². The van der Waals surface area contributed by atoms with Crippen molar-refractivity contribution in [3.63, 3.8) is 0 Å². The molecule has 0 aliphatic rings. The van der Waals surface area contributed by atoms with Crippen molar-refractivity contribution >= 4 is 43.9 Å². The summed E-state index contributed by atoms with van der Waals surface area (Å²) in [6.45, 7) is 0. The molecule has 1 aromatic heterocycles. The molecule has 3 aromatic carbocycles. The molecule has 0 saturated heterocycles. The zero-order valence-corrected chi connectivity index (χ0v) is 12.1. The molecule has 0 aliphatic heterocycles. The number of hydrogen-bond donors (Lipinski definition) is 0. The molecule has 0 atom stereocenters. The highest BCUT2D eigenvalue weighted by atomic mass is 35.5. The van der Waals surface area contributed by atoms with Crippen LogP contribution >= 0.6 is 22.9 Å². The second-order valence-corrected chi connectivity index (χ2v) is 5.98. The zero-order valence-electron chi connectivity index (χ0n) is 10.5. The Bertz CT molecular complexity index is 926. The predicted molar refractivity (Wildman–Crippen MR) is 87.6 cm³/mol. The van der Waals surface area contributed by atoms with Gasteiger partial charge in [-0.3, -0.25) is 0 Å². The Kier molecular flexibility index (Phi) is 2.72. The molecule has 0 aliphatic carbocycles. The molecule has 0 radical (unpaired) electrons. The van der Waals surface area contributed by atoms with Gasteiger partial charge < -0.3 is 0 Å².